The van der Waals surface area contributed by atoms with Crippen molar-refractivity contribution in [1.29, 1.82) is 0 Å². The van der Waals surface area contributed by atoms with Crippen LogP contribution in [0.1, 0.15) is 34.1 Å². The first-order valence-corrected chi connectivity index (χ1v) is 8.86. The number of rotatable bonds is 8. The van der Waals surface area contributed by atoms with E-state index >= 15 is 0 Å². The van der Waals surface area contributed by atoms with Gasteiger partial charge in [-0.05, 0) is 0 Å². The SMILES string of the molecule is CC(=O)OC[C@@]1(CCNC(=O)C(F)(F)F)OC(OC(C)=O)[C@H](OC(C)=O)[C@@H]1OC(C)=O. The molecular weight excluding hydrogens is 435 g/mol. The molecule has 1 amide bonds. The number of carbonyl (C=O) groups excluding carboxylic acids is 5. The summed E-state index contributed by atoms with van der Waals surface area (Å²) in [6.45, 7) is 2.68. The summed E-state index contributed by atoms with van der Waals surface area (Å²) in [6, 6.07) is 0. The predicted molar refractivity (Wildman–Crippen MR) is 90.8 cm³/mol. The number of halogens is 3. The minimum atomic E-state index is -5.16. The van der Waals surface area contributed by atoms with Crippen molar-refractivity contribution in [2.75, 3.05) is 13.2 Å². The van der Waals surface area contributed by atoms with Crippen LogP contribution in [0.4, 0.5) is 13.2 Å². The molecule has 1 aliphatic rings. The lowest BCUT2D eigenvalue weighted by Gasteiger charge is -2.33. The number of nitrogens with one attached hydrogen (secondary N) is 1. The lowest BCUT2D eigenvalue weighted by Crippen LogP contribution is -2.52. The van der Waals surface area contributed by atoms with Crippen molar-refractivity contribution in [3.63, 3.8) is 0 Å². The molecule has 1 aliphatic heterocycles. The Bertz CT molecular complexity index is 725. The number of carbonyl (C=O) groups is 5. The Labute approximate surface area is 174 Å². The van der Waals surface area contributed by atoms with E-state index in [0.29, 0.717) is 0 Å². The van der Waals surface area contributed by atoms with Crippen molar-refractivity contribution < 1.29 is 60.8 Å². The summed E-state index contributed by atoms with van der Waals surface area (Å²) in [5.74, 6) is -5.72. The van der Waals surface area contributed by atoms with Crippen molar-refractivity contribution in [2.24, 2.45) is 0 Å². The van der Waals surface area contributed by atoms with Crippen LogP contribution in [0.5, 0.6) is 0 Å². The van der Waals surface area contributed by atoms with Gasteiger partial charge in [0.2, 0.25) is 12.4 Å². The van der Waals surface area contributed by atoms with Crippen molar-refractivity contribution in [2.45, 2.75) is 64.4 Å². The topological polar surface area (TPSA) is 144 Å². The Morgan fingerprint density at radius 3 is 1.90 bits per heavy atom. The van der Waals surface area contributed by atoms with Crippen molar-refractivity contribution >= 4 is 29.8 Å². The maximum atomic E-state index is 12.5. The first-order chi connectivity index (χ1) is 14.2. The van der Waals surface area contributed by atoms with Crippen LogP contribution in [0.15, 0.2) is 0 Å². The lowest BCUT2D eigenvalue weighted by atomic mass is 9.91. The van der Waals surface area contributed by atoms with Crippen LogP contribution in [0.2, 0.25) is 0 Å². The average molecular weight is 457 g/mol. The van der Waals surface area contributed by atoms with Crippen LogP contribution >= 0.6 is 0 Å². The molecule has 1 rings (SSSR count). The Morgan fingerprint density at radius 1 is 0.903 bits per heavy atom. The third-order valence-electron chi connectivity index (χ3n) is 3.92. The zero-order valence-corrected chi connectivity index (χ0v) is 17.1. The third-order valence-corrected chi connectivity index (χ3v) is 3.92. The minimum Gasteiger partial charge on any atom is -0.463 e. The summed E-state index contributed by atoms with van der Waals surface area (Å²) in [6.07, 6.45) is -10.4. The number of hydrogen-bond acceptors (Lipinski definition) is 10. The maximum Gasteiger partial charge on any atom is 0.471 e. The first kappa shape index (κ1) is 26.1. The van der Waals surface area contributed by atoms with E-state index in [1.54, 1.807) is 5.32 Å². The molecule has 4 atom stereocenters. The molecule has 1 saturated heterocycles. The van der Waals surface area contributed by atoms with Crippen molar-refractivity contribution in [3.05, 3.63) is 0 Å². The van der Waals surface area contributed by atoms with Gasteiger partial charge < -0.3 is 29.0 Å². The molecule has 0 aromatic heterocycles. The lowest BCUT2D eigenvalue weighted by molar-refractivity contribution is -0.213. The summed E-state index contributed by atoms with van der Waals surface area (Å²) in [4.78, 5) is 57.0. The van der Waals surface area contributed by atoms with Crippen LogP contribution in [0.3, 0.4) is 0 Å². The average Bonchev–Trinajstić information content (AvgIpc) is 2.84. The van der Waals surface area contributed by atoms with E-state index in [2.05, 4.69) is 0 Å². The molecule has 0 spiro atoms. The normalized spacial score (nSPS) is 25.3. The summed E-state index contributed by atoms with van der Waals surface area (Å²) < 4.78 is 63.0. The van der Waals surface area contributed by atoms with Crippen molar-refractivity contribution in [1.82, 2.24) is 5.32 Å². The number of hydrogen-bond donors (Lipinski definition) is 1. The highest BCUT2D eigenvalue weighted by atomic mass is 19.4. The largest absolute Gasteiger partial charge is 0.471 e. The molecule has 1 fully saturated rings. The van der Waals surface area contributed by atoms with E-state index < -0.39 is 79.6 Å². The number of amides is 1. The fourth-order valence-corrected chi connectivity index (χ4v) is 2.83. The van der Waals surface area contributed by atoms with E-state index in [4.69, 9.17) is 23.7 Å². The van der Waals surface area contributed by atoms with E-state index in [0.717, 1.165) is 27.7 Å². The summed E-state index contributed by atoms with van der Waals surface area (Å²) in [5.41, 5.74) is -1.92. The molecule has 14 heteroatoms. The van der Waals surface area contributed by atoms with Crippen LogP contribution in [0, 0.1) is 0 Å². The standard InChI is InChI=1S/C17H22F3NO10/c1-8(22)27-7-16(5-6-21-15(26)17(18,19)20)13(29-10(3)24)12(28-9(2)23)14(31-16)30-11(4)25/h12-14H,5-7H2,1-4H3,(H,21,26)/t12-,13+,14?,16-/m1/s1. The molecule has 0 aromatic rings. The second-order valence-corrected chi connectivity index (χ2v) is 6.55. The highest BCUT2D eigenvalue weighted by molar-refractivity contribution is 5.81. The minimum absolute atomic E-state index is 0.504. The van der Waals surface area contributed by atoms with Crippen molar-refractivity contribution in [3.8, 4) is 0 Å². The molecule has 11 nitrogen and oxygen atoms in total. The van der Waals surface area contributed by atoms with Crippen LogP contribution in [-0.2, 0) is 47.7 Å². The van der Waals surface area contributed by atoms with Gasteiger partial charge in [-0.25, -0.2) is 0 Å². The summed E-state index contributed by atoms with van der Waals surface area (Å²) >= 11 is 0. The molecule has 0 bridgehead atoms. The molecule has 1 unspecified atom stereocenters. The van der Waals surface area contributed by atoms with Gasteiger partial charge in [-0.1, -0.05) is 0 Å². The molecule has 31 heavy (non-hydrogen) atoms. The molecule has 1 N–H and O–H groups in total. The first-order valence-electron chi connectivity index (χ1n) is 8.86. The number of ether oxygens (including phenoxy) is 5. The molecule has 0 saturated carbocycles. The van der Waals surface area contributed by atoms with Crippen LogP contribution < -0.4 is 5.32 Å². The quantitative estimate of drug-likeness (QED) is 0.395. The van der Waals surface area contributed by atoms with Gasteiger partial charge >= 0.3 is 36.0 Å². The Balaban J connectivity index is 3.29. The van der Waals surface area contributed by atoms with E-state index in [1.807, 2.05) is 0 Å². The summed E-state index contributed by atoms with van der Waals surface area (Å²) in [7, 11) is 0. The van der Waals surface area contributed by atoms with Gasteiger partial charge in [-0.15, -0.1) is 0 Å². The maximum absolute atomic E-state index is 12.5. The fraction of sp³-hybridized carbons (Fsp3) is 0.706. The van der Waals surface area contributed by atoms with Gasteiger partial charge in [-0.2, -0.15) is 13.2 Å². The van der Waals surface area contributed by atoms with E-state index in [-0.39, 0.29) is 0 Å². The highest BCUT2D eigenvalue weighted by Gasteiger charge is 2.61. The summed E-state index contributed by atoms with van der Waals surface area (Å²) in [5, 5.41) is 1.61. The van der Waals surface area contributed by atoms with Gasteiger partial charge in [-0.3, -0.25) is 24.0 Å². The number of esters is 4. The second kappa shape index (κ2) is 10.4. The fourth-order valence-electron chi connectivity index (χ4n) is 2.83. The molecule has 0 aliphatic carbocycles. The van der Waals surface area contributed by atoms with E-state index in [9.17, 15) is 37.1 Å². The van der Waals surface area contributed by atoms with E-state index in [1.165, 1.54) is 0 Å². The number of alkyl halides is 3. The smallest absolute Gasteiger partial charge is 0.463 e. The second-order valence-electron chi connectivity index (χ2n) is 6.55. The molecule has 176 valence electrons. The van der Waals surface area contributed by atoms with Gasteiger partial charge in [0.15, 0.2) is 6.10 Å². The Kier molecular flexibility index (Phi) is 8.78. The van der Waals surface area contributed by atoms with Crippen LogP contribution in [0.25, 0.3) is 0 Å². The van der Waals surface area contributed by atoms with Gasteiger partial charge in [0.25, 0.3) is 0 Å². The molecular formula is C17H22F3NO10. The predicted octanol–water partition coefficient (Wildman–Crippen LogP) is 0.140. The monoisotopic (exact) mass is 457 g/mol. The molecule has 1 heterocycles. The highest BCUT2D eigenvalue weighted by Crippen LogP contribution is 2.39. The molecule has 0 aromatic carbocycles. The third kappa shape index (κ3) is 7.70. The van der Waals surface area contributed by atoms with Gasteiger partial charge in [0.05, 0.1) is 0 Å². The zero-order valence-electron chi connectivity index (χ0n) is 17.1. The van der Waals surface area contributed by atoms with Gasteiger partial charge in [0.1, 0.15) is 12.2 Å². The zero-order chi connectivity index (χ0) is 24.0. The van der Waals surface area contributed by atoms with Gasteiger partial charge in [0, 0.05) is 40.7 Å². The van der Waals surface area contributed by atoms with Crippen LogP contribution in [-0.4, -0.2) is 73.2 Å². The molecule has 0 radical (unpaired) electrons. The Morgan fingerprint density at radius 2 is 1.45 bits per heavy atom. The Hall–Kier alpha value is -2.90.